The number of amides is 1. The molecule has 94 valence electrons. The Bertz CT molecular complexity index is 214. The van der Waals surface area contributed by atoms with E-state index in [-0.39, 0.29) is 11.9 Å². The zero-order chi connectivity index (χ0) is 12.0. The molecule has 2 N–H and O–H groups in total. The molecule has 4 nitrogen and oxygen atoms in total. The maximum absolute atomic E-state index is 11.6. The van der Waals surface area contributed by atoms with E-state index in [1.165, 1.54) is 12.8 Å². The van der Waals surface area contributed by atoms with Gasteiger partial charge in [-0.2, -0.15) is 0 Å². The maximum Gasteiger partial charge on any atom is 0.234 e. The maximum atomic E-state index is 11.6. The molecule has 1 amide bonds. The van der Waals surface area contributed by atoms with E-state index < -0.39 is 0 Å². The van der Waals surface area contributed by atoms with Crippen LogP contribution >= 0.6 is 0 Å². The van der Waals surface area contributed by atoms with Gasteiger partial charge in [0.15, 0.2) is 0 Å². The predicted molar refractivity (Wildman–Crippen MR) is 66.4 cm³/mol. The first-order valence-electron chi connectivity index (χ1n) is 6.33. The highest BCUT2D eigenvalue weighted by Gasteiger charge is 2.17. The quantitative estimate of drug-likeness (QED) is 0.698. The van der Waals surface area contributed by atoms with Gasteiger partial charge in [0.25, 0.3) is 0 Å². The molecule has 1 aliphatic rings. The molecule has 0 saturated carbocycles. The average molecular weight is 227 g/mol. The van der Waals surface area contributed by atoms with E-state index in [2.05, 4.69) is 22.5 Å². The molecule has 16 heavy (non-hydrogen) atoms. The van der Waals surface area contributed by atoms with Gasteiger partial charge in [-0.15, -0.1) is 0 Å². The number of nitrogens with one attached hydrogen (secondary N) is 2. The van der Waals surface area contributed by atoms with Crippen molar-refractivity contribution >= 4 is 5.91 Å². The van der Waals surface area contributed by atoms with Gasteiger partial charge < -0.3 is 10.6 Å². The number of carbonyl (C=O) groups excluding carboxylic acids is 1. The minimum Gasteiger partial charge on any atom is -0.353 e. The fourth-order valence-corrected chi connectivity index (χ4v) is 2.02. The third-order valence-electron chi connectivity index (χ3n) is 3.13. The van der Waals surface area contributed by atoms with Crippen LogP contribution in [0.4, 0.5) is 0 Å². The molecule has 1 aliphatic heterocycles. The third-order valence-corrected chi connectivity index (χ3v) is 3.13. The average Bonchev–Trinajstić information content (AvgIpc) is 2.69. The lowest BCUT2D eigenvalue weighted by Gasteiger charge is -2.21. The minimum absolute atomic E-state index is 0.134. The highest BCUT2D eigenvalue weighted by molar-refractivity contribution is 5.78. The second-order valence-corrected chi connectivity index (χ2v) is 4.87. The number of hydrogen-bond acceptors (Lipinski definition) is 3. The summed E-state index contributed by atoms with van der Waals surface area (Å²) < 4.78 is 0. The van der Waals surface area contributed by atoms with Crippen LogP contribution in [0.2, 0.25) is 0 Å². The lowest BCUT2D eigenvalue weighted by Crippen LogP contribution is -2.43. The van der Waals surface area contributed by atoms with Crippen molar-refractivity contribution < 1.29 is 4.79 Å². The van der Waals surface area contributed by atoms with Gasteiger partial charge in [-0.1, -0.05) is 6.92 Å². The summed E-state index contributed by atoms with van der Waals surface area (Å²) in [5.74, 6) is 0.134. The van der Waals surface area contributed by atoms with Crippen molar-refractivity contribution in [2.75, 3.05) is 26.7 Å². The molecule has 0 bridgehead atoms. The first kappa shape index (κ1) is 13.5. The van der Waals surface area contributed by atoms with E-state index in [1.54, 1.807) is 0 Å². The minimum atomic E-state index is 0.134. The second kappa shape index (κ2) is 6.86. The van der Waals surface area contributed by atoms with E-state index in [0.717, 1.165) is 19.5 Å². The number of likely N-dealkylation sites (N-methyl/N-ethyl adjacent to an activating group) is 1. The van der Waals surface area contributed by atoms with E-state index in [9.17, 15) is 4.79 Å². The Labute approximate surface area is 98.8 Å². The van der Waals surface area contributed by atoms with Crippen LogP contribution in [0.1, 0.15) is 33.1 Å². The Balaban J connectivity index is 2.17. The summed E-state index contributed by atoms with van der Waals surface area (Å²) >= 11 is 0. The third kappa shape index (κ3) is 4.94. The molecular weight excluding hydrogens is 202 g/mol. The molecule has 0 aromatic heterocycles. The number of nitrogens with zero attached hydrogens (tertiary/aromatic N) is 1. The normalized spacial score (nSPS) is 22.4. The van der Waals surface area contributed by atoms with E-state index in [4.69, 9.17) is 0 Å². The summed E-state index contributed by atoms with van der Waals surface area (Å²) in [5, 5.41) is 6.42. The van der Waals surface area contributed by atoms with Crippen LogP contribution in [0.3, 0.4) is 0 Å². The fourth-order valence-electron chi connectivity index (χ4n) is 2.02. The molecule has 1 fully saturated rings. The SMILES string of the molecule is CCC(C)NC(=O)CN(C)CC1CCCN1. The molecule has 1 heterocycles. The van der Waals surface area contributed by atoms with Crippen LogP contribution in [-0.2, 0) is 4.79 Å². The fraction of sp³-hybridized carbons (Fsp3) is 0.917. The highest BCUT2D eigenvalue weighted by atomic mass is 16.2. The van der Waals surface area contributed by atoms with E-state index >= 15 is 0 Å². The van der Waals surface area contributed by atoms with Crippen LogP contribution in [0.25, 0.3) is 0 Å². The molecule has 1 saturated heterocycles. The standard InChI is InChI=1S/C12H25N3O/c1-4-10(2)14-12(16)9-15(3)8-11-6-5-7-13-11/h10-11,13H,4-9H2,1-3H3,(H,14,16). The van der Waals surface area contributed by atoms with Gasteiger partial charge in [0.2, 0.25) is 5.91 Å². The van der Waals surface area contributed by atoms with Gasteiger partial charge in [-0.25, -0.2) is 0 Å². The van der Waals surface area contributed by atoms with Crippen molar-refractivity contribution in [3.63, 3.8) is 0 Å². The zero-order valence-electron chi connectivity index (χ0n) is 10.8. The first-order valence-corrected chi connectivity index (χ1v) is 6.33. The summed E-state index contributed by atoms with van der Waals surface area (Å²) in [5.41, 5.74) is 0. The van der Waals surface area contributed by atoms with Crippen LogP contribution in [0, 0.1) is 0 Å². The predicted octanol–water partition coefficient (Wildman–Crippen LogP) is 0.585. The molecule has 4 heteroatoms. The molecule has 2 atom stereocenters. The van der Waals surface area contributed by atoms with Gasteiger partial charge in [0.05, 0.1) is 6.54 Å². The highest BCUT2D eigenvalue weighted by Crippen LogP contribution is 2.05. The Morgan fingerprint density at radius 2 is 2.38 bits per heavy atom. The van der Waals surface area contributed by atoms with Gasteiger partial charge in [-0.05, 0) is 39.8 Å². The molecule has 1 rings (SSSR count). The first-order chi connectivity index (χ1) is 7.61. The van der Waals surface area contributed by atoms with Crippen LogP contribution in [0.15, 0.2) is 0 Å². The van der Waals surface area contributed by atoms with E-state index in [0.29, 0.717) is 12.6 Å². The Kier molecular flexibility index (Phi) is 5.77. The zero-order valence-corrected chi connectivity index (χ0v) is 10.8. The summed E-state index contributed by atoms with van der Waals surface area (Å²) in [4.78, 5) is 13.7. The summed E-state index contributed by atoms with van der Waals surface area (Å²) in [7, 11) is 2.01. The van der Waals surface area contributed by atoms with Crippen molar-refractivity contribution in [3.8, 4) is 0 Å². The lowest BCUT2D eigenvalue weighted by atomic mass is 10.2. The molecule has 0 spiro atoms. The Hall–Kier alpha value is -0.610. The van der Waals surface area contributed by atoms with Crippen molar-refractivity contribution in [2.45, 2.75) is 45.2 Å². The number of carbonyl (C=O) groups is 1. The van der Waals surface area contributed by atoms with Crippen LogP contribution < -0.4 is 10.6 Å². The van der Waals surface area contributed by atoms with Gasteiger partial charge in [0, 0.05) is 18.6 Å². The van der Waals surface area contributed by atoms with E-state index in [1.807, 2.05) is 14.0 Å². The number of rotatable bonds is 6. The summed E-state index contributed by atoms with van der Waals surface area (Å²) in [6.07, 6.45) is 3.48. The van der Waals surface area contributed by atoms with Crippen molar-refractivity contribution in [3.05, 3.63) is 0 Å². The smallest absolute Gasteiger partial charge is 0.234 e. The molecule has 0 aromatic carbocycles. The molecular formula is C12H25N3O. The lowest BCUT2D eigenvalue weighted by molar-refractivity contribution is -0.122. The monoisotopic (exact) mass is 227 g/mol. The second-order valence-electron chi connectivity index (χ2n) is 4.87. The molecule has 0 aromatic rings. The van der Waals surface area contributed by atoms with Crippen molar-refractivity contribution in [1.29, 1.82) is 0 Å². The van der Waals surface area contributed by atoms with Crippen LogP contribution in [0.5, 0.6) is 0 Å². The topological polar surface area (TPSA) is 44.4 Å². The Morgan fingerprint density at radius 1 is 1.62 bits per heavy atom. The molecule has 0 radical (unpaired) electrons. The van der Waals surface area contributed by atoms with Crippen molar-refractivity contribution in [2.24, 2.45) is 0 Å². The van der Waals surface area contributed by atoms with Crippen LogP contribution in [-0.4, -0.2) is 49.6 Å². The van der Waals surface area contributed by atoms with Gasteiger partial charge in [0.1, 0.15) is 0 Å². The number of hydrogen-bond donors (Lipinski definition) is 2. The largest absolute Gasteiger partial charge is 0.353 e. The van der Waals surface area contributed by atoms with Crippen molar-refractivity contribution in [1.82, 2.24) is 15.5 Å². The van der Waals surface area contributed by atoms with Gasteiger partial charge >= 0.3 is 0 Å². The summed E-state index contributed by atoms with van der Waals surface area (Å²) in [6, 6.07) is 0.854. The molecule has 0 aliphatic carbocycles. The Morgan fingerprint density at radius 3 is 2.94 bits per heavy atom. The molecule has 2 unspecified atom stereocenters. The van der Waals surface area contributed by atoms with Gasteiger partial charge in [-0.3, -0.25) is 9.69 Å². The summed E-state index contributed by atoms with van der Waals surface area (Å²) in [6.45, 7) is 6.71.